The second kappa shape index (κ2) is 6.00. The van der Waals surface area contributed by atoms with Gasteiger partial charge in [-0.25, -0.2) is 0 Å². The third-order valence-corrected chi connectivity index (χ3v) is 5.90. The predicted molar refractivity (Wildman–Crippen MR) is 102 cm³/mol. The molecule has 1 saturated carbocycles. The molecule has 2 N–H and O–H groups in total. The van der Waals surface area contributed by atoms with Gasteiger partial charge in [-0.1, -0.05) is 6.07 Å². The summed E-state index contributed by atoms with van der Waals surface area (Å²) < 4.78 is 41.6. The van der Waals surface area contributed by atoms with Crippen molar-refractivity contribution in [3.05, 3.63) is 47.5 Å². The number of benzene rings is 2. The molecule has 8 heteroatoms. The Morgan fingerprint density at radius 2 is 1.77 bits per heavy atom. The Bertz CT molecular complexity index is 1050. The summed E-state index contributed by atoms with van der Waals surface area (Å²) in [6.07, 6.45) is -1.91. The molecule has 2 aliphatic heterocycles. The average Bonchev–Trinajstić information content (AvgIpc) is 3.37. The molecule has 2 heterocycles. The van der Waals surface area contributed by atoms with Gasteiger partial charge < -0.3 is 24.6 Å². The zero-order chi connectivity index (χ0) is 21.3. The number of fused-ring (bicyclic) bond motifs is 2. The van der Waals surface area contributed by atoms with Crippen LogP contribution in [0.2, 0.25) is 0 Å². The molecule has 1 fully saturated rings. The Morgan fingerprint density at radius 1 is 1.03 bits per heavy atom. The van der Waals surface area contributed by atoms with Crippen molar-refractivity contribution in [2.24, 2.45) is 0 Å². The van der Waals surface area contributed by atoms with E-state index in [1.165, 1.54) is 12.1 Å². The summed E-state index contributed by atoms with van der Waals surface area (Å²) in [5.41, 5.74) is 0.106. The molecule has 5 rings (SSSR count). The molecule has 0 aromatic heterocycles. The van der Waals surface area contributed by atoms with Crippen LogP contribution in [0.25, 0.3) is 0 Å². The SMILES string of the molecule is CC1(C)CC(NC(=O)C2(c3ccc4c(c3)OC(F)(F)O4)CC2)c2ccc(O)cc2O1. The van der Waals surface area contributed by atoms with E-state index in [1.807, 2.05) is 13.8 Å². The minimum atomic E-state index is -3.69. The number of carbonyl (C=O) groups is 1. The van der Waals surface area contributed by atoms with E-state index in [0.29, 0.717) is 30.6 Å². The number of ether oxygens (including phenoxy) is 3. The lowest BCUT2D eigenvalue weighted by molar-refractivity contribution is -0.286. The van der Waals surface area contributed by atoms with Crippen molar-refractivity contribution in [1.82, 2.24) is 5.32 Å². The number of phenols is 1. The summed E-state index contributed by atoms with van der Waals surface area (Å²) in [5, 5.41) is 12.9. The number of halogens is 2. The summed E-state index contributed by atoms with van der Waals surface area (Å²) in [4.78, 5) is 13.3. The van der Waals surface area contributed by atoms with E-state index in [0.717, 1.165) is 5.56 Å². The summed E-state index contributed by atoms with van der Waals surface area (Å²) in [6, 6.07) is 9.05. The summed E-state index contributed by atoms with van der Waals surface area (Å²) >= 11 is 0. The van der Waals surface area contributed by atoms with Crippen LogP contribution in [0.3, 0.4) is 0 Å². The van der Waals surface area contributed by atoms with Gasteiger partial charge >= 0.3 is 6.29 Å². The normalized spacial score (nSPS) is 23.8. The topological polar surface area (TPSA) is 77.0 Å². The van der Waals surface area contributed by atoms with Crippen molar-refractivity contribution < 1.29 is 32.9 Å². The highest BCUT2D eigenvalue weighted by molar-refractivity contribution is 5.92. The van der Waals surface area contributed by atoms with Crippen molar-refractivity contribution in [3.8, 4) is 23.0 Å². The molecule has 1 aliphatic carbocycles. The van der Waals surface area contributed by atoms with Gasteiger partial charge in [0.1, 0.15) is 17.1 Å². The molecular formula is C22H21F2NO5. The van der Waals surface area contributed by atoms with Crippen LogP contribution < -0.4 is 19.5 Å². The average molecular weight is 417 g/mol. The van der Waals surface area contributed by atoms with Crippen molar-refractivity contribution in [1.29, 1.82) is 0 Å². The number of hydrogen-bond donors (Lipinski definition) is 2. The van der Waals surface area contributed by atoms with Gasteiger partial charge in [0.2, 0.25) is 5.91 Å². The maximum Gasteiger partial charge on any atom is 0.586 e. The van der Waals surface area contributed by atoms with Gasteiger partial charge in [0.15, 0.2) is 11.5 Å². The van der Waals surface area contributed by atoms with Crippen LogP contribution in [-0.4, -0.2) is 22.9 Å². The minimum absolute atomic E-state index is 0.0418. The number of amides is 1. The summed E-state index contributed by atoms with van der Waals surface area (Å²) in [6.45, 7) is 3.84. The Balaban J connectivity index is 1.41. The van der Waals surface area contributed by atoms with E-state index in [-0.39, 0.29) is 29.2 Å². The highest BCUT2D eigenvalue weighted by Gasteiger charge is 2.53. The molecule has 30 heavy (non-hydrogen) atoms. The van der Waals surface area contributed by atoms with Crippen LogP contribution in [0.15, 0.2) is 36.4 Å². The van der Waals surface area contributed by atoms with E-state index >= 15 is 0 Å². The van der Waals surface area contributed by atoms with Crippen molar-refractivity contribution in [2.75, 3.05) is 0 Å². The van der Waals surface area contributed by atoms with Gasteiger partial charge in [0, 0.05) is 18.1 Å². The zero-order valence-electron chi connectivity index (χ0n) is 16.5. The van der Waals surface area contributed by atoms with E-state index in [1.54, 1.807) is 24.3 Å². The van der Waals surface area contributed by atoms with Gasteiger partial charge in [0.05, 0.1) is 11.5 Å². The largest absolute Gasteiger partial charge is 0.586 e. The minimum Gasteiger partial charge on any atom is -0.508 e. The number of phenolic OH excluding ortho intramolecular Hbond substituents is 1. The number of rotatable bonds is 3. The maximum atomic E-state index is 13.3. The number of alkyl halides is 2. The third kappa shape index (κ3) is 3.11. The molecule has 1 atom stereocenters. The van der Waals surface area contributed by atoms with Gasteiger partial charge in [-0.05, 0) is 56.5 Å². The third-order valence-electron chi connectivity index (χ3n) is 5.90. The van der Waals surface area contributed by atoms with Gasteiger partial charge in [0.25, 0.3) is 0 Å². The fourth-order valence-electron chi connectivity index (χ4n) is 4.28. The van der Waals surface area contributed by atoms with Crippen molar-refractivity contribution in [3.63, 3.8) is 0 Å². The first-order valence-electron chi connectivity index (χ1n) is 9.80. The lowest BCUT2D eigenvalue weighted by atomic mass is 9.88. The lowest BCUT2D eigenvalue weighted by Crippen LogP contribution is -2.44. The first-order chi connectivity index (χ1) is 14.1. The lowest BCUT2D eigenvalue weighted by Gasteiger charge is -2.38. The van der Waals surface area contributed by atoms with Crippen LogP contribution >= 0.6 is 0 Å². The molecular weight excluding hydrogens is 396 g/mol. The number of hydrogen-bond acceptors (Lipinski definition) is 5. The van der Waals surface area contributed by atoms with Crippen molar-refractivity contribution in [2.45, 2.75) is 56.5 Å². The molecule has 2 aromatic rings. The van der Waals surface area contributed by atoms with E-state index in [9.17, 15) is 18.7 Å². The van der Waals surface area contributed by atoms with Crippen LogP contribution in [0.4, 0.5) is 8.78 Å². The quantitative estimate of drug-likeness (QED) is 0.784. The maximum absolute atomic E-state index is 13.3. The van der Waals surface area contributed by atoms with Crippen molar-refractivity contribution >= 4 is 5.91 Å². The Hall–Kier alpha value is -3.03. The Kier molecular flexibility index (Phi) is 3.79. The molecule has 6 nitrogen and oxygen atoms in total. The number of aromatic hydroxyl groups is 1. The van der Waals surface area contributed by atoms with Gasteiger partial charge in [-0.15, -0.1) is 8.78 Å². The second-order valence-corrected chi connectivity index (χ2v) is 8.73. The zero-order valence-corrected chi connectivity index (χ0v) is 16.5. The monoisotopic (exact) mass is 417 g/mol. The predicted octanol–water partition coefficient (Wildman–Crippen LogP) is 4.16. The van der Waals surface area contributed by atoms with E-state index < -0.39 is 17.3 Å². The highest BCUT2D eigenvalue weighted by Crippen LogP contribution is 2.52. The first kappa shape index (κ1) is 19.0. The van der Waals surface area contributed by atoms with E-state index in [4.69, 9.17) is 4.74 Å². The molecule has 0 saturated heterocycles. The van der Waals surface area contributed by atoms with Crippen LogP contribution in [0.5, 0.6) is 23.0 Å². The fourth-order valence-corrected chi connectivity index (χ4v) is 4.28. The van der Waals surface area contributed by atoms with Crippen LogP contribution in [0, 0.1) is 0 Å². The smallest absolute Gasteiger partial charge is 0.508 e. The first-order valence-corrected chi connectivity index (χ1v) is 9.80. The molecule has 3 aliphatic rings. The van der Waals surface area contributed by atoms with Crippen LogP contribution in [0.1, 0.15) is 50.3 Å². The van der Waals surface area contributed by atoms with Crippen LogP contribution in [-0.2, 0) is 10.2 Å². The summed E-state index contributed by atoms with van der Waals surface area (Å²) in [5.74, 6) is 0.346. The molecule has 1 unspecified atom stereocenters. The fraction of sp³-hybridized carbons (Fsp3) is 0.409. The number of nitrogens with one attached hydrogen (secondary N) is 1. The highest BCUT2D eigenvalue weighted by atomic mass is 19.3. The molecule has 1 amide bonds. The standard InChI is InChI=1S/C22H21F2NO5/c1-20(2)11-15(14-5-4-13(26)10-17(14)28-20)25-19(27)21(7-8-21)12-3-6-16-18(9-12)30-22(23,24)29-16/h3-6,9-10,15,26H,7-8,11H2,1-2H3,(H,25,27). The molecule has 0 radical (unpaired) electrons. The Morgan fingerprint density at radius 3 is 2.50 bits per heavy atom. The van der Waals surface area contributed by atoms with Gasteiger partial charge in [-0.2, -0.15) is 0 Å². The molecule has 0 spiro atoms. The molecule has 0 bridgehead atoms. The van der Waals surface area contributed by atoms with Gasteiger partial charge in [-0.3, -0.25) is 4.79 Å². The molecule has 158 valence electrons. The number of carbonyl (C=O) groups excluding carboxylic acids is 1. The second-order valence-electron chi connectivity index (χ2n) is 8.73. The molecule has 2 aromatic carbocycles. The van der Waals surface area contributed by atoms with E-state index in [2.05, 4.69) is 14.8 Å². The summed E-state index contributed by atoms with van der Waals surface area (Å²) in [7, 11) is 0. The Labute approximate surface area is 171 Å².